The molecule has 0 saturated heterocycles. The van der Waals surface area contributed by atoms with Gasteiger partial charge in [0.05, 0.1) is 0 Å². The normalized spacial score (nSPS) is 9.82. The van der Waals surface area contributed by atoms with Crippen molar-refractivity contribution in [3.05, 3.63) is 23.3 Å². The van der Waals surface area contributed by atoms with Gasteiger partial charge in [0.15, 0.2) is 0 Å². The van der Waals surface area contributed by atoms with E-state index in [-0.39, 0.29) is 12.5 Å². The molecule has 0 aliphatic carbocycles. The Labute approximate surface area is 99.4 Å². The molecule has 0 atom stereocenters. The molecular weight excluding hydrogens is 222 g/mol. The van der Waals surface area contributed by atoms with Crippen LogP contribution in [0.5, 0.6) is 5.75 Å². The van der Waals surface area contributed by atoms with Crippen molar-refractivity contribution in [3.63, 3.8) is 0 Å². The first kappa shape index (κ1) is 13.0. The molecule has 1 aromatic carbocycles. The van der Waals surface area contributed by atoms with E-state index < -0.39 is 5.97 Å². The van der Waals surface area contributed by atoms with Crippen LogP contribution in [0.25, 0.3) is 0 Å². The molecule has 0 fully saturated rings. The molecule has 2 N–H and O–H groups in total. The first-order valence-corrected chi connectivity index (χ1v) is 5.15. The zero-order valence-electron chi connectivity index (χ0n) is 10.0. The van der Waals surface area contributed by atoms with Crippen LogP contribution >= 0.6 is 0 Å². The fourth-order valence-electron chi connectivity index (χ4n) is 1.53. The van der Waals surface area contributed by atoms with E-state index in [1.165, 1.54) is 6.92 Å². The standard InChI is InChI=1S/C12H15NO4/c1-7-4-10(13-6-11(15)16)5-8(2)12(7)17-9(3)14/h4-5,13H,6H2,1-3H3,(H,15,16). The molecule has 5 nitrogen and oxygen atoms in total. The number of aryl methyl sites for hydroxylation is 2. The molecular formula is C12H15NO4. The lowest BCUT2D eigenvalue weighted by atomic mass is 10.1. The predicted molar refractivity (Wildman–Crippen MR) is 63.4 cm³/mol. The number of anilines is 1. The van der Waals surface area contributed by atoms with Gasteiger partial charge in [0.2, 0.25) is 0 Å². The zero-order valence-corrected chi connectivity index (χ0v) is 10.0. The molecule has 0 saturated carbocycles. The van der Waals surface area contributed by atoms with E-state index in [4.69, 9.17) is 9.84 Å². The third-order valence-corrected chi connectivity index (χ3v) is 2.15. The fraction of sp³-hybridized carbons (Fsp3) is 0.333. The summed E-state index contributed by atoms with van der Waals surface area (Å²) in [5.74, 6) is -0.773. The second-order valence-electron chi connectivity index (χ2n) is 3.78. The number of rotatable bonds is 4. The minimum absolute atomic E-state index is 0.147. The van der Waals surface area contributed by atoms with Crippen molar-refractivity contribution in [2.24, 2.45) is 0 Å². The molecule has 0 spiro atoms. The number of aliphatic carboxylic acids is 1. The van der Waals surface area contributed by atoms with Crippen molar-refractivity contribution >= 4 is 17.6 Å². The highest BCUT2D eigenvalue weighted by molar-refractivity contribution is 5.74. The number of hydrogen-bond acceptors (Lipinski definition) is 4. The Hall–Kier alpha value is -2.04. The van der Waals surface area contributed by atoms with Gasteiger partial charge in [-0.05, 0) is 37.1 Å². The molecule has 0 aromatic heterocycles. The van der Waals surface area contributed by atoms with Crippen molar-refractivity contribution in [2.75, 3.05) is 11.9 Å². The van der Waals surface area contributed by atoms with Gasteiger partial charge >= 0.3 is 11.9 Å². The Morgan fingerprint density at radius 2 is 1.82 bits per heavy atom. The smallest absolute Gasteiger partial charge is 0.322 e. The minimum atomic E-state index is -0.927. The highest BCUT2D eigenvalue weighted by atomic mass is 16.5. The first-order chi connectivity index (χ1) is 7.90. The van der Waals surface area contributed by atoms with Crippen LogP contribution in [0.2, 0.25) is 0 Å². The van der Waals surface area contributed by atoms with Crippen LogP contribution < -0.4 is 10.1 Å². The molecule has 0 aliphatic rings. The van der Waals surface area contributed by atoms with Crippen molar-refractivity contribution < 1.29 is 19.4 Å². The van der Waals surface area contributed by atoms with E-state index >= 15 is 0 Å². The number of esters is 1. The molecule has 17 heavy (non-hydrogen) atoms. The Kier molecular flexibility index (Phi) is 4.09. The number of hydrogen-bond donors (Lipinski definition) is 2. The van der Waals surface area contributed by atoms with Gasteiger partial charge in [0.25, 0.3) is 0 Å². The number of benzene rings is 1. The van der Waals surface area contributed by atoms with E-state index in [9.17, 15) is 9.59 Å². The van der Waals surface area contributed by atoms with Crippen molar-refractivity contribution in [3.8, 4) is 5.75 Å². The van der Waals surface area contributed by atoms with Gasteiger partial charge in [-0.3, -0.25) is 9.59 Å². The monoisotopic (exact) mass is 237 g/mol. The molecule has 1 rings (SSSR count). The summed E-state index contributed by atoms with van der Waals surface area (Å²) in [6, 6.07) is 3.49. The average Bonchev–Trinajstić information content (AvgIpc) is 2.20. The van der Waals surface area contributed by atoms with E-state index in [2.05, 4.69) is 5.32 Å². The number of carboxylic acids is 1. The number of carboxylic acid groups (broad SMARTS) is 1. The Morgan fingerprint density at radius 3 is 2.24 bits per heavy atom. The SMILES string of the molecule is CC(=O)Oc1c(C)cc(NCC(=O)O)cc1C. The summed E-state index contributed by atoms with van der Waals surface area (Å²) < 4.78 is 5.07. The summed E-state index contributed by atoms with van der Waals surface area (Å²) in [6.07, 6.45) is 0. The zero-order chi connectivity index (χ0) is 13.0. The lowest BCUT2D eigenvalue weighted by molar-refractivity contribution is -0.135. The molecule has 0 aliphatic heterocycles. The van der Waals surface area contributed by atoms with Crippen molar-refractivity contribution in [2.45, 2.75) is 20.8 Å². The first-order valence-electron chi connectivity index (χ1n) is 5.15. The summed E-state index contributed by atoms with van der Waals surface area (Å²) >= 11 is 0. The van der Waals surface area contributed by atoms with Crippen molar-refractivity contribution in [1.82, 2.24) is 0 Å². The Balaban J connectivity index is 2.92. The van der Waals surface area contributed by atoms with E-state index in [1.54, 1.807) is 26.0 Å². The predicted octanol–water partition coefficient (Wildman–Crippen LogP) is 1.73. The minimum Gasteiger partial charge on any atom is -0.480 e. The van der Waals surface area contributed by atoms with Gasteiger partial charge in [-0.25, -0.2) is 0 Å². The van der Waals surface area contributed by atoms with Crippen molar-refractivity contribution in [1.29, 1.82) is 0 Å². The molecule has 5 heteroatoms. The summed E-state index contributed by atoms with van der Waals surface area (Å²) in [5.41, 5.74) is 2.26. The van der Waals surface area contributed by atoms with Crippen LogP contribution in [-0.2, 0) is 9.59 Å². The summed E-state index contributed by atoms with van der Waals surface area (Å²) in [6.45, 7) is 4.80. The van der Waals surface area contributed by atoms with Crippen LogP contribution in [0, 0.1) is 13.8 Å². The maximum Gasteiger partial charge on any atom is 0.322 e. The van der Waals surface area contributed by atoms with E-state index in [1.807, 2.05) is 0 Å². The molecule has 0 bridgehead atoms. The second kappa shape index (κ2) is 5.34. The van der Waals surface area contributed by atoms with Gasteiger partial charge in [-0.1, -0.05) is 0 Å². The third-order valence-electron chi connectivity index (χ3n) is 2.15. The summed E-state index contributed by atoms with van der Waals surface area (Å²) in [7, 11) is 0. The van der Waals surface area contributed by atoms with E-state index in [0.717, 1.165) is 11.1 Å². The molecule has 0 radical (unpaired) electrons. The number of carbonyl (C=O) groups is 2. The van der Waals surface area contributed by atoms with Crippen LogP contribution in [0.3, 0.4) is 0 Å². The largest absolute Gasteiger partial charge is 0.480 e. The Morgan fingerprint density at radius 1 is 1.29 bits per heavy atom. The lowest BCUT2D eigenvalue weighted by Crippen LogP contribution is -2.13. The molecule has 1 aromatic rings. The highest BCUT2D eigenvalue weighted by Gasteiger charge is 2.09. The van der Waals surface area contributed by atoms with Gasteiger partial charge < -0.3 is 15.2 Å². The lowest BCUT2D eigenvalue weighted by Gasteiger charge is -2.12. The summed E-state index contributed by atoms with van der Waals surface area (Å²) in [5, 5.41) is 11.3. The quantitative estimate of drug-likeness (QED) is 0.616. The van der Waals surface area contributed by atoms with Crippen LogP contribution in [0.1, 0.15) is 18.1 Å². The van der Waals surface area contributed by atoms with Crippen LogP contribution in [0.15, 0.2) is 12.1 Å². The molecule has 0 amide bonds. The van der Waals surface area contributed by atoms with Gasteiger partial charge in [-0.2, -0.15) is 0 Å². The van der Waals surface area contributed by atoms with Crippen LogP contribution in [-0.4, -0.2) is 23.6 Å². The second-order valence-corrected chi connectivity index (χ2v) is 3.78. The molecule has 0 unspecified atom stereocenters. The average molecular weight is 237 g/mol. The fourth-order valence-corrected chi connectivity index (χ4v) is 1.53. The number of carbonyl (C=O) groups excluding carboxylic acids is 1. The Bertz CT molecular complexity index is 431. The number of nitrogens with one attached hydrogen (secondary N) is 1. The molecule has 0 heterocycles. The van der Waals surface area contributed by atoms with Crippen LogP contribution in [0.4, 0.5) is 5.69 Å². The highest BCUT2D eigenvalue weighted by Crippen LogP contribution is 2.27. The van der Waals surface area contributed by atoms with Gasteiger partial charge in [0.1, 0.15) is 12.3 Å². The number of ether oxygens (including phenoxy) is 1. The van der Waals surface area contributed by atoms with Gasteiger partial charge in [0, 0.05) is 12.6 Å². The maximum atomic E-state index is 10.9. The third kappa shape index (κ3) is 3.79. The molecule has 92 valence electrons. The van der Waals surface area contributed by atoms with Gasteiger partial charge in [-0.15, -0.1) is 0 Å². The summed E-state index contributed by atoms with van der Waals surface area (Å²) in [4.78, 5) is 21.3. The van der Waals surface area contributed by atoms with E-state index in [0.29, 0.717) is 11.4 Å². The maximum absolute atomic E-state index is 10.9. The topological polar surface area (TPSA) is 75.6 Å².